The largest absolute Gasteiger partial charge is 0.496 e. The summed E-state index contributed by atoms with van der Waals surface area (Å²) in [5.74, 6) is 0.837. The van der Waals surface area contributed by atoms with E-state index >= 15 is 0 Å². The van der Waals surface area contributed by atoms with Crippen molar-refractivity contribution in [3.05, 3.63) is 48.2 Å². The van der Waals surface area contributed by atoms with Crippen molar-refractivity contribution in [3.63, 3.8) is 0 Å². The Bertz CT molecular complexity index is 497. The van der Waals surface area contributed by atoms with Gasteiger partial charge in [0.15, 0.2) is 0 Å². The fourth-order valence-corrected chi connectivity index (χ4v) is 1.88. The van der Waals surface area contributed by atoms with Gasteiger partial charge in [0.1, 0.15) is 5.75 Å². The zero-order chi connectivity index (χ0) is 12.1. The molecule has 0 saturated heterocycles. The SMILES string of the molecule is COc1ccccc1-c1ncccc1CCN. The van der Waals surface area contributed by atoms with Gasteiger partial charge in [0.05, 0.1) is 12.8 Å². The van der Waals surface area contributed by atoms with Crippen molar-refractivity contribution in [1.82, 2.24) is 4.98 Å². The molecular formula is C14H16N2O. The molecule has 1 aromatic carbocycles. The fourth-order valence-electron chi connectivity index (χ4n) is 1.88. The molecule has 0 aliphatic rings. The minimum Gasteiger partial charge on any atom is -0.496 e. The number of aromatic nitrogens is 1. The topological polar surface area (TPSA) is 48.1 Å². The van der Waals surface area contributed by atoms with Gasteiger partial charge in [0, 0.05) is 11.8 Å². The van der Waals surface area contributed by atoms with Crippen LogP contribution in [0.4, 0.5) is 0 Å². The van der Waals surface area contributed by atoms with E-state index in [0.29, 0.717) is 6.54 Å². The first-order valence-electron chi connectivity index (χ1n) is 5.64. The lowest BCUT2D eigenvalue weighted by Gasteiger charge is -2.11. The maximum Gasteiger partial charge on any atom is 0.128 e. The zero-order valence-corrected chi connectivity index (χ0v) is 9.89. The van der Waals surface area contributed by atoms with E-state index in [2.05, 4.69) is 11.1 Å². The van der Waals surface area contributed by atoms with Crippen LogP contribution in [-0.4, -0.2) is 18.6 Å². The van der Waals surface area contributed by atoms with Crippen molar-refractivity contribution in [1.29, 1.82) is 0 Å². The van der Waals surface area contributed by atoms with Gasteiger partial charge in [0.2, 0.25) is 0 Å². The number of rotatable bonds is 4. The normalized spacial score (nSPS) is 10.2. The Morgan fingerprint density at radius 3 is 2.76 bits per heavy atom. The molecule has 0 aliphatic carbocycles. The van der Waals surface area contributed by atoms with Crippen LogP contribution in [0, 0.1) is 0 Å². The quantitative estimate of drug-likeness (QED) is 0.873. The number of pyridine rings is 1. The maximum atomic E-state index is 5.62. The minimum absolute atomic E-state index is 0.619. The molecule has 1 aromatic heterocycles. The molecular weight excluding hydrogens is 212 g/mol. The summed E-state index contributed by atoms with van der Waals surface area (Å²) in [4.78, 5) is 4.44. The van der Waals surface area contributed by atoms with Crippen molar-refractivity contribution in [3.8, 4) is 17.0 Å². The summed E-state index contributed by atoms with van der Waals surface area (Å²) in [5.41, 5.74) is 8.74. The van der Waals surface area contributed by atoms with Gasteiger partial charge in [-0.05, 0) is 36.7 Å². The third-order valence-electron chi connectivity index (χ3n) is 2.67. The van der Waals surface area contributed by atoms with Crippen LogP contribution >= 0.6 is 0 Å². The van der Waals surface area contributed by atoms with E-state index in [9.17, 15) is 0 Å². The van der Waals surface area contributed by atoms with E-state index in [1.165, 1.54) is 0 Å². The van der Waals surface area contributed by atoms with Crippen molar-refractivity contribution in [2.45, 2.75) is 6.42 Å². The predicted molar refractivity (Wildman–Crippen MR) is 69.0 cm³/mol. The first kappa shape index (κ1) is 11.6. The van der Waals surface area contributed by atoms with Crippen LogP contribution in [0.15, 0.2) is 42.6 Å². The van der Waals surface area contributed by atoms with Gasteiger partial charge in [-0.3, -0.25) is 4.98 Å². The minimum atomic E-state index is 0.619. The summed E-state index contributed by atoms with van der Waals surface area (Å²) in [6.45, 7) is 0.619. The summed E-state index contributed by atoms with van der Waals surface area (Å²) >= 11 is 0. The Morgan fingerprint density at radius 2 is 2.00 bits per heavy atom. The van der Waals surface area contributed by atoms with Crippen LogP contribution < -0.4 is 10.5 Å². The van der Waals surface area contributed by atoms with E-state index in [0.717, 1.165) is 29.0 Å². The monoisotopic (exact) mass is 228 g/mol. The molecule has 1 heterocycles. The number of nitrogens with zero attached hydrogens (tertiary/aromatic N) is 1. The van der Waals surface area contributed by atoms with Crippen LogP contribution in [0.2, 0.25) is 0 Å². The number of para-hydroxylation sites is 1. The third-order valence-corrected chi connectivity index (χ3v) is 2.67. The lowest BCUT2D eigenvalue weighted by Crippen LogP contribution is -2.05. The second kappa shape index (κ2) is 5.46. The van der Waals surface area contributed by atoms with E-state index < -0.39 is 0 Å². The fraction of sp³-hybridized carbons (Fsp3) is 0.214. The number of methoxy groups -OCH3 is 1. The molecule has 3 heteroatoms. The first-order chi connectivity index (χ1) is 8.36. The van der Waals surface area contributed by atoms with Crippen molar-refractivity contribution < 1.29 is 4.74 Å². The molecule has 0 fully saturated rings. The highest BCUT2D eigenvalue weighted by molar-refractivity contribution is 5.69. The summed E-state index contributed by atoms with van der Waals surface area (Å²) in [7, 11) is 1.67. The van der Waals surface area contributed by atoms with Crippen LogP contribution in [0.5, 0.6) is 5.75 Å². The standard InChI is InChI=1S/C14H16N2O/c1-17-13-7-3-2-6-12(13)14-11(8-9-15)5-4-10-16-14/h2-7,10H,8-9,15H2,1H3. The van der Waals surface area contributed by atoms with E-state index in [4.69, 9.17) is 10.5 Å². The zero-order valence-electron chi connectivity index (χ0n) is 9.89. The molecule has 0 saturated carbocycles. The molecule has 0 spiro atoms. The molecule has 3 nitrogen and oxygen atoms in total. The molecule has 17 heavy (non-hydrogen) atoms. The highest BCUT2D eigenvalue weighted by atomic mass is 16.5. The highest BCUT2D eigenvalue weighted by Crippen LogP contribution is 2.30. The Balaban J connectivity index is 2.52. The van der Waals surface area contributed by atoms with Crippen molar-refractivity contribution >= 4 is 0 Å². The Kier molecular flexibility index (Phi) is 3.73. The van der Waals surface area contributed by atoms with Crippen LogP contribution in [-0.2, 0) is 6.42 Å². The van der Waals surface area contributed by atoms with Gasteiger partial charge in [-0.15, -0.1) is 0 Å². The summed E-state index contributed by atoms with van der Waals surface area (Å²) in [6, 6.07) is 11.9. The van der Waals surface area contributed by atoms with Gasteiger partial charge in [-0.25, -0.2) is 0 Å². The van der Waals surface area contributed by atoms with Crippen LogP contribution in [0.3, 0.4) is 0 Å². The molecule has 0 aliphatic heterocycles. The lowest BCUT2D eigenvalue weighted by molar-refractivity contribution is 0.416. The molecule has 0 radical (unpaired) electrons. The average Bonchev–Trinajstić information content (AvgIpc) is 2.40. The second-order valence-corrected chi connectivity index (χ2v) is 3.75. The Morgan fingerprint density at radius 1 is 1.18 bits per heavy atom. The molecule has 2 rings (SSSR count). The number of ether oxygens (including phenoxy) is 1. The van der Waals surface area contributed by atoms with E-state index in [1.807, 2.05) is 30.3 Å². The molecule has 2 aromatic rings. The van der Waals surface area contributed by atoms with Gasteiger partial charge >= 0.3 is 0 Å². The molecule has 0 atom stereocenters. The molecule has 0 bridgehead atoms. The van der Waals surface area contributed by atoms with Gasteiger partial charge in [0.25, 0.3) is 0 Å². The van der Waals surface area contributed by atoms with Crippen molar-refractivity contribution in [2.24, 2.45) is 5.73 Å². The number of hydrogen-bond donors (Lipinski definition) is 1. The average molecular weight is 228 g/mol. The first-order valence-corrected chi connectivity index (χ1v) is 5.64. The summed E-state index contributed by atoms with van der Waals surface area (Å²) in [5, 5.41) is 0. The van der Waals surface area contributed by atoms with Gasteiger partial charge in [-0.2, -0.15) is 0 Å². The molecule has 2 N–H and O–H groups in total. The number of nitrogens with two attached hydrogens (primary N) is 1. The molecule has 0 amide bonds. The third kappa shape index (κ3) is 2.45. The summed E-state index contributed by atoms with van der Waals surface area (Å²) in [6.07, 6.45) is 2.61. The summed E-state index contributed by atoms with van der Waals surface area (Å²) < 4.78 is 5.36. The second-order valence-electron chi connectivity index (χ2n) is 3.75. The molecule has 0 unspecified atom stereocenters. The lowest BCUT2D eigenvalue weighted by atomic mass is 10.0. The molecule has 88 valence electrons. The van der Waals surface area contributed by atoms with Crippen molar-refractivity contribution in [2.75, 3.05) is 13.7 Å². The Hall–Kier alpha value is -1.87. The number of benzene rings is 1. The smallest absolute Gasteiger partial charge is 0.128 e. The predicted octanol–water partition coefficient (Wildman–Crippen LogP) is 2.26. The van der Waals surface area contributed by atoms with Gasteiger partial charge < -0.3 is 10.5 Å². The van der Waals surface area contributed by atoms with Crippen LogP contribution in [0.1, 0.15) is 5.56 Å². The highest BCUT2D eigenvalue weighted by Gasteiger charge is 2.09. The Labute approximate surface area is 101 Å². The van der Waals surface area contributed by atoms with E-state index in [-0.39, 0.29) is 0 Å². The van der Waals surface area contributed by atoms with E-state index in [1.54, 1.807) is 13.3 Å². The van der Waals surface area contributed by atoms with Gasteiger partial charge in [-0.1, -0.05) is 18.2 Å². The number of hydrogen-bond acceptors (Lipinski definition) is 3. The maximum absolute atomic E-state index is 5.62. The van der Waals surface area contributed by atoms with Crippen LogP contribution in [0.25, 0.3) is 11.3 Å².